The molecular weight excluding hydrogens is 619 g/mol. The minimum Gasteiger partial charge on any atom is -0.482 e. The van der Waals surface area contributed by atoms with Crippen molar-refractivity contribution in [2.75, 3.05) is 11.1 Å². The predicted molar refractivity (Wildman–Crippen MR) is 174 cm³/mol. The Kier molecular flexibility index (Phi) is 9.40. The molecule has 3 aromatic carbocycles. The molecule has 2 aliphatic heterocycles. The van der Waals surface area contributed by atoms with Crippen molar-refractivity contribution in [2.45, 2.75) is 45.6 Å². The number of halogens is 2. The van der Waals surface area contributed by atoms with Gasteiger partial charge in [-0.2, -0.15) is 0 Å². The number of aromatic nitrogens is 3. The van der Waals surface area contributed by atoms with Crippen LogP contribution < -0.4 is 20.5 Å². The minimum absolute atomic E-state index is 0.0245. The fourth-order valence-electron chi connectivity index (χ4n) is 5.10. The van der Waals surface area contributed by atoms with Gasteiger partial charge in [0.15, 0.2) is 6.10 Å². The number of hydrogen-bond donors (Lipinski definition) is 3. The Balaban J connectivity index is 0.000000261. The summed E-state index contributed by atoms with van der Waals surface area (Å²) in [5, 5.41) is 13.8. The summed E-state index contributed by atoms with van der Waals surface area (Å²) in [5.74, 6) is 3.58. The van der Waals surface area contributed by atoms with E-state index >= 15 is 0 Å². The number of benzene rings is 3. The first-order valence-electron chi connectivity index (χ1n) is 14.3. The van der Waals surface area contributed by atoms with E-state index in [9.17, 15) is 14.9 Å². The fraction of sp³-hybridized carbons (Fsp3) is 0.219. The van der Waals surface area contributed by atoms with Gasteiger partial charge in [-0.3, -0.25) is 14.9 Å². The molecule has 1 amide bonds. The number of ether oxygens (including phenoxy) is 2. The topological polar surface area (TPSA) is 158 Å². The van der Waals surface area contributed by atoms with Gasteiger partial charge in [-0.05, 0) is 55.0 Å². The van der Waals surface area contributed by atoms with Crippen LogP contribution in [0.15, 0.2) is 66.9 Å². The highest BCUT2D eigenvalue weighted by molar-refractivity contribution is 6.35. The summed E-state index contributed by atoms with van der Waals surface area (Å²) in [4.78, 5) is 33.6. The van der Waals surface area contributed by atoms with Gasteiger partial charge in [-0.15, -0.1) is 0 Å². The van der Waals surface area contributed by atoms with Crippen LogP contribution in [0.4, 0.5) is 17.2 Å². The number of fused-ring (bicyclic) bond motifs is 3. The quantitative estimate of drug-likeness (QED) is 0.0995. The number of pyridine rings is 1. The number of aromatic amines is 1. The number of nitro groups is 1. The Bertz CT molecular complexity index is 1880. The first kappa shape index (κ1) is 31.6. The normalized spacial score (nSPS) is 16.2. The number of nitrogen functional groups attached to an aromatic ring is 1. The Morgan fingerprint density at radius 3 is 2.53 bits per heavy atom. The van der Waals surface area contributed by atoms with Crippen molar-refractivity contribution in [3.63, 3.8) is 0 Å². The number of H-pyrrole nitrogens is 1. The van der Waals surface area contributed by atoms with Crippen LogP contribution in [-0.4, -0.2) is 25.8 Å². The zero-order valence-electron chi connectivity index (χ0n) is 24.6. The van der Waals surface area contributed by atoms with Gasteiger partial charge >= 0.3 is 5.69 Å². The third-order valence-corrected chi connectivity index (χ3v) is 7.84. The van der Waals surface area contributed by atoms with Crippen LogP contribution >= 0.6 is 23.2 Å². The van der Waals surface area contributed by atoms with E-state index in [1.54, 1.807) is 12.3 Å². The molecule has 0 bridgehead atoms. The molecule has 0 saturated carbocycles. The molecule has 45 heavy (non-hydrogen) atoms. The van der Waals surface area contributed by atoms with Gasteiger partial charge in [0.1, 0.15) is 45.1 Å². The maximum atomic E-state index is 11.7. The van der Waals surface area contributed by atoms with Crippen molar-refractivity contribution in [3.8, 4) is 17.2 Å². The first-order valence-corrected chi connectivity index (χ1v) is 15.0. The number of amides is 1. The maximum Gasteiger partial charge on any atom is 0.310 e. The molecule has 0 spiro atoms. The van der Waals surface area contributed by atoms with Gasteiger partial charge in [0, 0.05) is 29.7 Å². The number of nitro benzene ring substituents is 1. The Hall–Kier alpha value is -4.87. The molecule has 2 aromatic heterocycles. The standard InChI is InChI=1S/C24H19ClN4O3.C6H5ClN2O2.C2H6/c1-12-15-11-13(31-19-9-10-26-23-14(19)6-8-20(30)28-23)5-7-18(15)32-22(12)24-27-17-4-2-3-16(25)21(17)29-24;7-4-2-1-3-5(8)6(4)9(10)11;1-2/h2-5,7,9-12,22H,6,8H2,1H3,(H,27,29)(H,26,28,30);1-3H,8H2;1-2H3. The van der Waals surface area contributed by atoms with Gasteiger partial charge in [0.05, 0.1) is 15.5 Å². The van der Waals surface area contributed by atoms with Crippen LogP contribution in [0.5, 0.6) is 17.2 Å². The largest absolute Gasteiger partial charge is 0.482 e. The van der Waals surface area contributed by atoms with E-state index in [0.717, 1.165) is 33.7 Å². The molecule has 11 nitrogen and oxygen atoms in total. The number of para-hydroxylation sites is 2. The molecule has 5 aromatic rings. The molecular formula is C32H30Cl2N6O5. The molecule has 2 aliphatic rings. The van der Waals surface area contributed by atoms with Crippen LogP contribution in [0.3, 0.4) is 0 Å². The van der Waals surface area contributed by atoms with Crippen molar-refractivity contribution in [1.29, 1.82) is 0 Å². The zero-order valence-corrected chi connectivity index (χ0v) is 26.1. The zero-order chi connectivity index (χ0) is 32.2. The molecule has 2 unspecified atom stereocenters. The number of nitrogens with two attached hydrogens (primary N) is 1. The minimum atomic E-state index is -0.600. The summed E-state index contributed by atoms with van der Waals surface area (Å²) in [7, 11) is 0. The summed E-state index contributed by atoms with van der Waals surface area (Å²) in [6, 6.07) is 17.7. The smallest absolute Gasteiger partial charge is 0.310 e. The number of hydrogen-bond acceptors (Lipinski definition) is 8. The molecule has 7 rings (SSSR count). The van der Waals surface area contributed by atoms with E-state index in [-0.39, 0.29) is 34.3 Å². The van der Waals surface area contributed by atoms with Crippen molar-refractivity contribution in [1.82, 2.24) is 15.0 Å². The average molecular weight is 650 g/mol. The van der Waals surface area contributed by atoms with Crippen molar-refractivity contribution in [3.05, 3.63) is 104 Å². The number of imidazole rings is 1. The molecule has 4 N–H and O–H groups in total. The predicted octanol–water partition coefficient (Wildman–Crippen LogP) is 8.38. The van der Waals surface area contributed by atoms with Gasteiger partial charge in [-0.1, -0.05) is 56.1 Å². The molecule has 4 heterocycles. The third-order valence-electron chi connectivity index (χ3n) is 7.23. The second kappa shape index (κ2) is 13.4. The van der Waals surface area contributed by atoms with Crippen LogP contribution in [0.2, 0.25) is 10.0 Å². The van der Waals surface area contributed by atoms with Gasteiger partial charge in [-0.25, -0.2) is 9.97 Å². The highest BCUT2D eigenvalue weighted by Crippen LogP contribution is 2.47. The summed E-state index contributed by atoms with van der Waals surface area (Å²) in [5.41, 5.74) is 8.75. The summed E-state index contributed by atoms with van der Waals surface area (Å²) < 4.78 is 12.4. The molecule has 0 radical (unpaired) electrons. The highest BCUT2D eigenvalue weighted by atomic mass is 35.5. The number of anilines is 2. The second-order valence-electron chi connectivity index (χ2n) is 10.0. The Labute approximate surface area is 268 Å². The lowest BCUT2D eigenvalue weighted by Gasteiger charge is -2.19. The maximum absolute atomic E-state index is 11.7. The highest BCUT2D eigenvalue weighted by Gasteiger charge is 2.35. The Morgan fingerprint density at radius 1 is 1.07 bits per heavy atom. The fourth-order valence-corrected chi connectivity index (χ4v) is 5.57. The van der Waals surface area contributed by atoms with Crippen LogP contribution in [0.25, 0.3) is 11.0 Å². The lowest BCUT2D eigenvalue weighted by molar-refractivity contribution is -0.383. The van der Waals surface area contributed by atoms with Crippen LogP contribution in [-0.2, 0) is 11.2 Å². The van der Waals surface area contributed by atoms with E-state index in [0.29, 0.717) is 35.2 Å². The van der Waals surface area contributed by atoms with E-state index in [4.69, 9.17) is 38.4 Å². The number of carbonyl (C=O) groups excluding carboxylic acids is 1. The number of carbonyl (C=O) groups is 1. The van der Waals surface area contributed by atoms with Crippen molar-refractivity contribution in [2.24, 2.45) is 0 Å². The molecule has 0 saturated heterocycles. The monoisotopic (exact) mass is 648 g/mol. The molecule has 0 fully saturated rings. The van der Waals surface area contributed by atoms with Crippen molar-refractivity contribution >= 4 is 57.3 Å². The van der Waals surface area contributed by atoms with Crippen LogP contribution in [0, 0.1) is 10.1 Å². The second-order valence-corrected chi connectivity index (χ2v) is 10.8. The number of nitrogens with zero attached hydrogens (tertiary/aromatic N) is 3. The number of rotatable bonds is 4. The molecule has 13 heteroatoms. The van der Waals surface area contributed by atoms with E-state index < -0.39 is 4.92 Å². The van der Waals surface area contributed by atoms with Gasteiger partial charge in [0.25, 0.3) is 0 Å². The van der Waals surface area contributed by atoms with E-state index in [1.165, 1.54) is 12.1 Å². The lowest BCUT2D eigenvalue weighted by atomic mass is 9.97. The summed E-state index contributed by atoms with van der Waals surface area (Å²) >= 11 is 11.8. The SMILES string of the molecule is CC.CC1c2cc(Oc3ccnc4c3CCC(=O)N4)ccc2OC1c1nc2c(Cl)cccc2[nH]1.Nc1cccc(Cl)c1[N+](=O)[O-]. The lowest BCUT2D eigenvalue weighted by Crippen LogP contribution is -2.20. The van der Waals surface area contributed by atoms with E-state index in [2.05, 4.69) is 27.2 Å². The van der Waals surface area contributed by atoms with Crippen molar-refractivity contribution < 1.29 is 19.2 Å². The first-order chi connectivity index (χ1) is 21.7. The summed E-state index contributed by atoms with van der Waals surface area (Å²) in [6.45, 7) is 6.11. The van der Waals surface area contributed by atoms with Crippen LogP contribution in [0.1, 0.15) is 56.2 Å². The van der Waals surface area contributed by atoms with E-state index in [1.807, 2.05) is 56.3 Å². The third kappa shape index (κ3) is 6.50. The Morgan fingerprint density at radius 2 is 1.82 bits per heavy atom. The van der Waals surface area contributed by atoms with Gasteiger partial charge in [0.2, 0.25) is 5.91 Å². The molecule has 2 atom stereocenters. The summed E-state index contributed by atoms with van der Waals surface area (Å²) in [6.07, 6.45) is 2.42. The molecule has 232 valence electrons. The molecule has 0 aliphatic carbocycles. The average Bonchev–Trinajstić information content (AvgIpc) is 3.60. The van der Waals surface area contributed by atoms with Gasteiger partial charge < -0.3 is 25.5 Å². The number of nitrogens with one attached hydrogen (secondary N) is 2.